The molecular formula is C39H38IrN3O2-. The van der Waals surface area contributed by atoms with Crippen LogP contribution in [0.5, 0.6) is 0 Å². The van der Waals surface area contributed by atoms with Gasteiger partial charge in [-0.15, -0.1) is 35.9 Å². The summed E-state index contributed by atoms with van der Waals surface area (Å²) in [6, 6.07) is 30.7. The number of allylic oxidation sites excluding steroid dienone is 2. The van der Waals surface area contributed by atoms with Crippen molar-refractivity contribution in [2.45, 2.75) is 53.4 Å². The van der Waals surface area contributed by atoms with Gasteiger partial charge >= 0.3 is 0 Å². The van der Waals surface area contributed by atoms with Crippen LogP contribution in [0.4, 0.5) is 0 Å². The first-order valence-electron chi connectivity index (χ1n) is 15.7. The van der Waals surface area contributed by atoms with E-state index in [0.29, 0.717) is 0 Å². The van der Waals surface area contributed by atoms with Gasteiger partial charge < -0.3 is 10.1 Å². The Morgan fingerprint density at radius 3 is 2.20 bits per heavy atom. The number of pyridine rings is 2. The molecule has 3 aromatic heterocycles. The number of nitrogens with zero attached hydrogens (tertiary/aromatic N) is 3. The predicted molar refractivity (Wildman–Crippen MR) is 182 cm³/mol. The smallest absolute Gasteiger partial charge is 0.162 e. The summed E-state index contributed by atoms with van der Waals surface area (Å²) >= 11 is 0. The summed E-state index contributed by atoms with van der Waals surface area (Å²) < 4.78 is 2.28. The molecule has 0 aliphatic heterocycles. The second-order valence-electron chi connectivity index (χ2n) is 11.4. The van der Waals surface area contributed by atoms with Gasteiger partial charge in [-0.2, -0.15) is 0 Å². The molecule has 6 heteroatoms. The number of aromatic nitrogens is 3. The van der Waals surface area contributed by atoms with Crippen LogP contribution in [0, 0.1) is 17.9 Å². The van der Waals surface area contributed by atoms with Gasteiger partial charge in [-0.25, -0.2) is 4.98 Å². The first kappa shape index (κ1) is 32.3. The Morgan fingerprint density at radius 1 is 0.844 bits per heavy atom. The van der Waals surface area contributed by atoms with E-state index in [2.05, 4.69) is 65.1 Å². The van der Waals surface area contributed by atoms with Gasteiger partial charge in [0.15, 0.2) is 5.78 Å². The van der Waals surface area contributed by atoms with Gasteiger partial charge in [0.2, 0.25) is 0 Å². The van der Waals surface area contributed by atoms with E-state index < -0.39 is 0 Å². The zero-order valence-electron chi connectivity index (χ0n) is 26.2. The Morgan fingerprint density at radius 2 is 1.53 bits per heavy atom. The number of carbonyl (C=O) groups is 1. The van der Waals surface area contributed by atoms with Gasteiger partial charge in [0.25, 0.3) is 0 Å². The molecule has 5 nitrogen and oxygen atoms in total. The number of aliphatic hydroxyl groups excluding tert-OH is 1. The van der Waals surface area contributed by atoms with E-state index in [1.165, 1.54) is 33.0 Å². The average Bonchev–Trinajstić information content (AvgIpc) is 3.46. The van der Waals surface area contributed by atoms with E-state index in [9.17, 15) is 9.90 Å². The standard InChI is InChI=1S/C26H14N3.C13H24O2.Ir/c1-2-6-18(7-3-1)24-25-20(14-15-27-24)28-26-19-10-4-8-16-12-13-17-9-5-11-21(29(25)26)23(17)22(16)19;1-5-10(6-2)12(14)9-13(15)11(7-3)8-4;/h1-6,8-15H;9-11,14H,5-8H2,1-4H3;/q-1;;/b;12-9-;. The molecule has 1 radical (unpaired) electrons. The van der Waals surface area contributed by atoms with Crippen LogP contribution in [-0.4, -0.2) is 25.3 Å². The number of benzene rings is 4. The van der Waals surface area contributed by atoms with Crippen molar-refractivity contribution >= 4 is 54.9 Å². The Balaban J connectivity index is 0.000000217. The van der Waals surface area contributed by atoms with Crippen molar-refractivity contribution in [3.63, 3.8) is 0 Å². The minimum Gasteiger partial charge on any atom is -0.512 e. The maximum absolute atomic E-state index is 11.7. The summed E-state index contributed by atoms with van der Waals surface area (Å²) in [6.07, 6.45) is 6.75. The molecule has 231 valence electrons. The minimum absolute atomic E-state index is 0. The summed E-state index contributed by atoms with van der Waals surface area (Å²) in [6.45, 7) is 8.07. The van der Waals surface area contributed by atoms with E-state index in [0.717, 1.165) is 59.1 Å². The number of hydrogen-bond donors (Lipinski definition) is 1. The van der Waals surface area contributed by atoms with Gasteiger partial charge in [-0.3, -0.25) is 9.20 Å². The molecule has 0 unspecified atom stereocenters. The monoisotopic (exact) mass is 773 g/mol. The van der Waals surface area contributed by atoms with Crippen LogP contribution in [0.3, 0.4) is 0 Å². The van der Waals surface area contributed by atoms with E-state index in [-0.39, 0.29) is 43.5 Å². The van der Waals surface area contributed by atoms with Crippen LogP contribution in [0.15, 0.2) is 96.9 Å². The molecule has 7 aromatic rings. The second-order valence-corrected chi connectivity index (χ2v) is 11.4. The second kappa shape index (κ2) is 13.9. The van der Waals surface area contributed by atoms with E-state index in [1.54, 1.807) is 0 Å². The van der Waals surface area contributed by atoms with Crippen LogP contribution in [0.2, 0.25) is 0 Å². The topological polar surface area (TPSA) is 67.5 Å². The summed E-state index contributed by atoms with van der Waals surface area (Å²) in [5.41, 5.74) is 6.00. The van der Waals surface area contributed by atoms with E-state index in [1.807, 2.05) is 58.2 Å². The SMILES string of the molecule is CCC(CC)C(=O)/C=C(\O)C(CC)CC.[Ir].[c-]1ccccc1-c1nccc2nc3c4cccc5ccc6cccc(c6c54)n3c12. The quantitative estimate of drug-likeness (QED) is 0.0723. The number of ketones is 1. The van der Waals surface area contributed by atoms with Crippen molar-refractivity contribution < 1.29 is 30.0 Å². The van der Waals surface area contributed by atoms with Crippen molar-refractivity contribution in [1.82, 2.24) is 14.4 Å². The molecule has 0 amide bonds. The van der Waals surface area contributed by atoms with E-state index >= 15 is 0 Å². The number of hydrogen-bond acceptors (Lipinski definition) is 4. The fourth-order valence-corrected chi connectivity index (χ4v) is 6.47. The molecule has 0 atom stereocenters. The third-order valence-corrected chi connectivity index (χ3v) is 8.96. The average molecular weight is 773 g/mol. The third-order valence-electron chi connectivity index (χ3n) is 8.96. The summed E-state index contributed by atoms with van der Waals surface area (Å²) in [7, 11) is 0. The Hall–Kier alpha value is -4.12. The number of rotatable bonds is 8. The fraction of sp³-hybridized carbons (Fsp3) is 0.256. The van der Waals surface area contributed by atoms with Crippen molar-refractivity contribution in [1.29, 1.82) is 0 Å². The summed E-state index contributed by atoms with van der Waals surface area (Å²) in [5, 5.41) is 16.0. The van der Waals surface area contributed by atoms with Crippen molar-refractivity contribution in [2.24, 2.45) is 11.8 Å². The normalized spacial score (nSPS) is 12.0. The number of imidazole rings is 1. The van der Waals surface area contributed by atoms with Crippen LogP contribution in [0.25, 0.3) is 60.4 Å². The zero-order valence-corrected chi connectivity index (χ0v) is 28.6. The third kappa shape index (κ3) is 5.85. The summed E-state index contributed by atoms with van der Waals surface area (Å²) in [5.74, 6) is 0.547. The predicted octanol–water partition coefficient (Wildman–Crippen LogP) is 10.1. The number of aliphatic hydroxyl groups is 1. The van der Waals surface area contributed by atoms with Crippen LogP contribution >= 0.6 is 0 Å². The van der Waals surface area contributed by atoms with Gasteiger partial charge in [-0.1, -0.05) is 70.2 Å². The molecule has 4 aromatic carbocycles. The van der Waals surface area contributed by atoms with Gasteiger partial charge in [0, 0.05) is 66.1 Å². The fourth-order valence-electron chi connectivity index (χ4n) is 6.47. The molecule has 0 saturated carbocycles. The van der Waals surface area contributed by atoms with Crippen LogP contribution in [0.1, 0.15) is 53.4 Å². The Labute approximate surface area is 277 Å². The molecule has 0 aliphatic rings. The Kier molecular flexibility index (Phi) is 9.96. The van der Waals surface area contributed by atoms with Crippen molar-refractivity contribution in [2.75, 3.05) is 0 Å². The largest absolute Gasteiger partial charge is 0.512 e. The molecule has 45 heavy (non-hydrogen) atoms. The van der Waals surface area contributed by atoms with E-state index in [4.69, 9.17) is 9.97 Å². The van der Waals surface area contributed by atoms with Crippen LogP contribution in [-0.2, 0) is 24.9 Å². The molecule has 0 bridgehead atoms. The number of carbonyl (C=O) groups excluding carboxylic acids is 1. The maximum Gasteiger partial charge on any atom is 0.162 e. The molecule has 0 saturated heterocycles. The van der Waals surface area contributed by atoms with Crippen molar-refractivity contribution in [3.8, 4) is 11.3 Å². The van der Waals surface area contributed by atoms with Crippen molar-refractivity contribution in [3.05, 3.63) is 103 Å². The molecule has 0 aliphatic carbocycles. The first-order valence-corrected chi connectivity index (χ1v) is 15.7. The zero-order chi connectivity index (χ0) is 30.8. The number of fused-ring (bicyclic) bond motifs is 5. The van der Waals surface area contributed by atoms with Gasteiger partial charge in [0.1, 0.15) is 5.65 Å². The Bertz CT molecular complexity index is 2110. The van der Waals surface area contributed by atoms with Gasteiger partial charge in [-0.05, 0) is 48.6 Å². The summed E-state index contributed by atoms with van der Waals surface area (Å²) in [4.78, 5) is 21.5. The van der Waals surface area contributed by atoms with Gasteiger partial charge in [0.05, 0.1) is 22.3 Å². The molecular weight excluding hydrogens is 735 g/mol. The first-order chi connectivity index (χ1) is 21.5. The molecule has 7 rings (SSSR count). The molecule has 0 fully saturated rings. The molecule has 1 N–H and O–H groups in total. The minimum atomic E-state index is 0. The van der Waals surface area contributed by atoms with Crippen LogP contribution < -0.4 is 0 Å². The molecule has 0 spiro atoms. The maximum atomic E-state index is 11.7. The molecule has 3 heterocycles.